The number of likely N-dealkylation sites (tertiary alicyclic amines) is 1. The van der Waals surface area contributed by atoms with E-state index < -0.39 is 0 Å². The number of morpholine rings is 1. The molecule has 0 aromatic heterocycles. The van der Waals surface area contributed by atoms with Gasteiger partial charge in [-0.05, 0) is 37.7 Å². The van der Waals surface area contributed by atoms with Crippen LogP contribution in [0.4, 0.5) is 0 Å². The normalized spacial score (nSPS) is 25.3. The molecule has 0 radical (unpaired) electrons. The molecule has 1 saturated carbocycles. The number of ether oxygens (including phenoxy) is 2. The Morgan fingerprint density at radius 2 is 2.10 bits per heavy atom. The first kappa shape index (κ1) is 20.6. The van der Waals surface area contributed by atoms with Crippen molar-refractivity contribution in [3.63, 3.8) is 0 Å². The van der Waals surface area contributed by atoms with Crippen LogP contribution in [0.15, 0.2) is 35.3 Å². The van der Waals surface area contributed by atoms with Gasteiger partial charge in [-0.1, -0.05) is 30.3 Å². The first-order valence-corrected chi connectivity index (χ1v) is 11.3. The maximum Gasteiger partial charge on any atom is 0.194 e. The van der Waals surface area contributed by atoms with Gasteiger partial charge >= 0.3 is 0 Å². The molecule has 1 aromatic carbocycles. The molecule has 0 bridgehead atoms. The molecule has 2 atom stereocenters. The van der Waals surface area contributed by atoms with E-state index in [-0.39, 0.29) is 6.10 Å². The zero-order chi connectivity index (χ0) is 19.9. The molecule has 2 heterocycles. The number of hydrogen-bond acceptors (Lipinski definition) is 4. The van der Waals surface area contributed by atoms with Crippen LogP contribution >= 0.6 is 0 Å². The molecule has 1 aromatic rings. The number of benzene rings is 1. The zero-order valence-corrected chi connectivity index (χ0v) is 17.8. The molecule has 1 aliphatic carbocycles. The Hall–Kier alpha value is -1.63. The summed E-state index contributed by atoms with van der Waals surface area (Å²) in [7, 11) is 0. The molecule has 2 aliphatic heterocycles. The van der Waals surface area contributed by atoms with Crippen LogP contribution in [-0.2, 0) is 16.0 Å². The van der Waals surface area contributed by atoms with Gasteiger partial charge in [0, 0.05) is 52.5 Å². The maximum absolute atomic E-state index is 6.13. The lowest BCUT2D eigenvalue weighted by Crippen LogP contribution is -2.50. The maximum atomic E-state index is 6.13. The topological polar surface area (TPSA) is 49.3 Å². The molecule has 3 fully saturated rings. The summed E-state index contributed by atoms with van der Waals surface area (Å²) >= 11 is 0. The van der Waals surface area contributed by atoms with E-state index in [2.05, 4.69) is 52.4 Å². The number of fused-ring (bicyclic) bond motifs is 1. The van der Waals surface area contributed by atoms with Crippen LogP contribution in [0.1, 0.15) is 31.7 Å². The van der Waals surface area contributed by atoms with Crippen molar-refractivity contribution in [2.45, 2.75) is 44.9 Å². The molecule has 6 heteroatoms. The summed E-state index contributed by atoms with van der Waals surface area (Å²) in [6.45, 7) is 10.3. The SMILES string of the molecule is CCNC(=NCCCOCC1CC1)N1CC2OCCN(Cc3ccccc3)C2C1. The first-order chi connectivity index (χ1) is 14.3. The van der Waals surface area contributed by atoms with Crippen LogP contribution in [0.3, 0.4) is 0 Å². The van der Waals surface area contributed by atoms with Gasteiger partial charge in [-0.25, -0.2) is 0 Å². The summed E-state index contributed by atoms with van der Waals surface area (Å²) < 4.78 is 11.9. The van der Waals surface area contributed by atoms with Gasteiger partial charge in [0.1, 0.15) is 0 Å². The van der Waals surface area contributed by atoms with Gasteiger partial charge in [0.15, 0.2) is 5.96 Å². The first-order valence-electron chi connectivity index (χ1n) is 11.3. The molecule has 4 rings (SSSR count). The number of hydrogen-bond donors (Lipinski definition) is 1. The molecule has 29 heavy (non-hydrogen) atoms. The van der Waals surface area contributed by atoms with Crippen molar-refractivity contribution in [1.29, 1.82) is 0 Å². The minimum Gasteiger partial charge on any atom is -0.381 e. The lowest BCUT2D eigenvalue weighted by atomic mass is 10.1. The quantitative estimate of drug-likeness (QED) is 0.392. The average molecular weight is 401 g/mol. The van der Waals surface area contributed by atoms with E-state index >= 15 is 0 Å². The van der Waals surface area contributed by atoms with Gasteiger partial charge in [-0.2, -0.15) is 0 Å². The van der Waals surface area contributed by atoms with Crippen LogP contribution in [0, 0.1) is 5.92 Å². The van der Waals surface area contributed by atoms with Gasteiger partial charge in [0.05, 0.1) is 18.8 Å². The van der Waals surface area contributed by atoms with Gasteiger partial charge in [-0.3, -0.25) is 9.89 Å². The van der Waals surface area contributed by atoms with Crippen molar-refractivity contribution in [3.8, 4) is 0 Å². The highest BCUT2D eigenvalue weighted by molar-refractivity contribution is 5.80. The Balaban J connectivity index is 1.30. The molecule has 1 N–H and O–H groups in total. The van der Waals surface area contributed by atoms with Gasteiger partial charge in [0.25, 0.3) is 0 Å². The second-order valence-corrected chi connectivity index (χ2v) is 8.45. The van der Waals surface area contributed by atoms with Crippen LogP contribution in [-0.4, -0.2) is 80.4 Å². The molecular formula is C23H36N4O2. The molecule has 3 aliphatic rings. The third-order valence-corrected chi connectivity index (χ3v) is 6.04. The van der Waals surface area contributed by atoms with Crippen LogP contribution in [0.25, 0.3) is 0 Å². The van der Waals surface area contributed by atoms with Crippen molar-refractivity contribution < 1.29 is 9.47 Å². The standard InChI is InChI=1S/C23H36N4O2/c1-2-24-23(25-11-6-13-28-18-20-9-10-20)27-16-21-22(17-27)29-14-12-26(21)15-19-7-4-3-5-8-19/h3-5,7-8,20-22H,2,6,9-18H2,1H3,(H,24,25). The van der Waals surface area contributed by atoms with Crippen molar-refractivity contribution in [3.05, 3.63) is 35.9 Å². The number of aliphatic imine (C=N–C) groups is 1. The second kappa shape index (κ2) is 10.4. The molecular weight excluding hydrogens is 364 g/mol. The summed E-state index contributed by atoms with van der Waals surface area (Å²) in [6, 6.07) is 11.2. The Morgan fingerprint density at radius 1 is 1.24 bits per heavy atom. The Labute approximate surface area is 175 Å². The van der Waals surface area contributed by atoms with Crippen molar-refractivity contribution >= 4 is 5.96 Å². The summed E-state index contributed by atoms with van der Waals surface area (Å²) in [5.74, 6) is 1.86. The number of nitrogens with one attached hydrogen (secondary N) is 1. The number of rotatable bonds is 9. The van der Waals surface area contributed by atoms with E-state index in [0.717, 1.165) is 77.4 Å². The van der Waals surface area contributed by atoms with E-state index in [1.54, 1.807) is 0 Å². The van der Waals surface area contributed by atoms with Gasteiger partial charge in [0.2, 0.25) is 0 Å². The average Bonchev–Trinajstić information content (AvgIpc) is 3.46. The minimum atomic E-state index is 0.262. The second-order valence-electron chi connectivity index (χ2n) is 8.45. The Bertz CT molecular complexity index is 650. The third-order valence-electron chi connectivity index (χ3n) is 6.04. The largest absolute Gasteiger partial charge is 0.381 e. The van der Waals surface area contributed by atoms with Gasteiger partial charge in [-0.15, -0.1) is 0 Å². The minimum absolute atomic E-state index is 0.262. The summed E-state index contributed by atoms with van der Waals surface area (Å²) in [5, 5.41) is 3.48. The van der Waals surface area contributed by atoms with E-state index in [1.807, 2.05) is 0 Å². The predicted molar refractivity (Wildman–Crippen MR) is 116 cm³/mol. The summed E-state index contributed by atoms with van der Waals surface area (Å²) in [6.07, 6.45) is 3.95. The Kier molecular flexibility index (Phi) is 7.41. The van der Waals surface area contributed by atoms with E-state index in [9.17, 15) is 0 Å². The Morgan fingerprint density at radius 3 is 2.90 bits per heavy atom. The highest BCUT2D eigenvalue weighted by atomic mass is 16.5. The van der Waals surface area contributed by atoms with Crippen LogP contribution < -0.4 is 5.32 Å². The monoisotopic (exact) mass is 400 g/mol. The molecule has 0 amide bonds. The number of nitrogens with zero attached hydrogens (tertiary/aromatic N) is 3. The lowest BCUT2D eigenvalue weighted by molar-refractivity contribution is -0.0502. The zero-order valence-electron chi connectivity index (χ0n) is 17.8. The lowest BCUT2D eigenvalue weighted by Gasteiger charge is -2.36. The predicted octanol–water partition coefficient (Wildman–Crippen LogP) is 2.35. The van der Waals surface area contributed by atoms with E-state index in [1.165, 1.54) is 18.4 Å². The fraction of sp³-hybridized carbons (Fsp3) is 0.696. The van der Waals surface area contributed by atoms with Crippen molar-refractivity contribution in [2.75, 3.05) is 52.5 Å². The van der Waals surface area contributed by atoms with Crippen molar-refractivity contribution in [1.82, 2.24) is 15.1 Å². The summed E-state index contributed by atoms with van der Waals surface area (Å²) in [5.41, 5.74) is 1.37. The number of guanidine groups is 1. The van der Waals surface area contributed by atoms with E-state index in [0.29, 0.717) is 6.04 Å². The van der Waals surface area contributed by atoms with Crippen LogP contribution in [0.2, 0.25) is 0 Å². The fourth-order valence-corrected chi connectivity index (χ4v) is 4.26. The highest BCUT2D eigenvalue weighted by Crippen LogP contribution is 2.28. The summed E-state index contributed by atoms with van der Waals surface area (Å²) in [4.78, 5) is 9.84. The highest BCUT2D eigenvalue weighted by Gasteiger charge is 2.41. The fourth-order valence-electron chi connectivity index (χ4n) is 4.26. The molecule has 2 unspecified atom stereocenters. The molecule has 2 saturated heterocycles. The third kappa shape index (κ3) is 5.93. The van der Waals surface area contributed by atoms with Gasteiger partial charge < -0.3 is 19.7 Å². The smallest absolute Gasteiger partial charge is 0.194 e. The van der Waals surface area contributed by atoms with Crippen LogP contribution in [0.5, 0.6) is 0 Å². The molecule has 0 spiro atoms. The molecule has 160 valence electrons. The van der Waals surface area contributed by atoms with E-state index in [4.69, 9.17) is 14.5 Å². The molecule has 6 nitrogen and oxygen atoms in total. The van der Waals surface area contributed by atoms with Crippen molar-refractivity contribution in [2.24, 2.45) is 10.9 Å².